The molecule has 7 atom stereocenters. The van der Waals surface area contributed by atoms with E-state index < -0.39 is 0 Å². The number of nitrogens with one attached hydrogen (secondary N) is 2. The Morgan fingerprint density at radius 1 is 1.02 bits per heavy atom. The van der Waals surface area contributed by atoms with Crippen molar-refractivity contribution in [3.63, 3.8) is 0 Å². The third kappa shape index (κ3) is 6.94. The molecular weight excluding hydrogens is 597 g/mol. The van der Waals surface area contributed by atoms with E-state index >= 15 is 0 Å². The number of fused-ring (bicyclic) bond motifs is 5. The average molecular weight is 647 g/mol. The first-order chi connectivity index (χ1) is 21.1. The standard InChI is InChI=1S/C35H49Cl2N3O4/c1-23(41)38-30-12-11-28-33-29(14-16-35(28,30)3)34(2)15-13-27(21-25(34)22-31(42)39-33)44-32(43)6-4-5-24-7-9-26(10-8-24)40(19-17-36)20-18-37/h7-10,22,27-30,33H,4-6,11-21H2,1-3H3,(H,38,41)(H,39,42)/t27-,28-,29-,30-,33-,34-,35-/m0/s1. The smallest absolute Gasteiger partial charge is 0.306 e. The maximum atomic E-state index is 13.2. The number of carbonyl (C=O) groups excluding carboxylic acids is 3. The van der Waals surface area contributed by atoms with Crippen LogP contribution in [0.2, 0.25) is 0 Å². The topological polar surface area (TPSA) is 87.7 Å². The van der Waals surface area contributed by atoms with Gasteiger partial charge in [-0.2, -0.15) is 0 Å². The van der Waals surface area contributed by atoms with Gasteiger partial charge in [0.1, 0.15) is 6.10 Å². The molecule has 2 N–H and O–H groups in total. The highest BCUT2D eigenvalue weighted by Crippen LogP contribution is 2.60. The Labute approximate surface area is 272 Å². The first-order valence-corrected chi connectivity index (χ1v) is 17.6. The van der Waals surface area contributed by atoms with E-state index in [9.17, 15) is 14.4 Å². The first kappa shape index (κ1) is 33.1. The lowest BCUT2D eigenvalue weighted by atomic mass is 9.53. The van der Waals surface area contributed by atoms with Gasteiger partial charge in [-0.15, -0.1) is 23.2 Å². The maximum Gasteiger partial charge on any atom is 0.306 e. The summed E-state index contributed by atoms with van der Waals surface area (Å²) in [6, 6.07) is 8.65. The highest BCUT2D eigenvalue weighted by Gasteiger charge is 2.59. The van der Waals surface area contributed by atoms with Crippen LogP contribution in [0.25, 0.3) is 0 Å². The molecule has 1 heterocycles. The van der Waals surface area contributed by atoms with Gasteiger partial charge in [0.05, 0.1) is 0 Å². The van der Waals surface area contributed by atoms with E-state index in [0.717, 1.165) is 75.7 Å². The normalized spacial score (nSPS) is 32.7. The van der Waals surface area contributed by atoms with Gasteiger partial charge in [-0.05, 0) is 91.7 Å². The van der Waals surface area contributed by atoms with Crippen LogP contribution in [0.5, 0.6) is 0 Å². The molecule has 7 nitrogen and oxygen atoms in total. The average Bonchev–Trinajstić information content (AvgIpc) is 3.25. The number of nitrogens with zero attached hydrogens (tertiary/aromatic N) is 1. The predicted octanol–water partition coefficient (Wildman–Crippen LogP) is 6.15. The van der Waals surface area contributed by atoms with Gasteiger partial charge < -0.3 is 20.3 Å². The summed E-state index contributed by atoms with van der Waals surface area (Å²) < 4.78 is 5.99. The number of halogens is 2. The van der Waals surface area contributed by atoms with Crippen molar-refractivity contribution in [2.75, 3.05) is 29.7 Å². The third-order valence-electron chi connectivity index (χ3n) is 11.4. The minimum Gasteiger partial charge on any atom is -0.462 e. The van der Waals surface area contributed by atoms with Crippen LogP contribution in [0.3, 0.4) is 0 Å². The molecule has 3 fully saturated rings. The molecule has 0 bridgehead atoms. The second-order valence-corrected chi connectivity index (χ2v) is 14.7. The second kappa shape index (κ2) is 14.0. The molecule has 0 saturated heterocycles. The van der Waals surface area contributed by atoms with Crippen molar-refractivity contribution < 1.29 is 19.1 Å². The third-order valence-corrected chi connectivity index (χ3v) is 11.7. The molecule has 242 valence electrons. The molecule has 0 unspecified atom stereocenters. The molecule has 4 aliphatic rings. The lowest BCUT2D eigenvalue weighted by Gasteiger charge is -2.54. The number of hydrogen-bond donors (Lipinski definition) is 2. The van der Waals surface area contributed by atoms with Gasteiger partial charge >= 0.3 is 5.97 Å². The minimum absolute atomic E-state index is 0.00937. The number of amides is 2. The lowest BCUT2D eigenvalue weighted by molar-refractivity contribution is -0.151. The summed E-state index contributed by atoms with van der Waals surface area (Å²) in [6.07, 6.45) is 9.90. The predicted molar refractivity (Wildman–Crippen MR) is 176 cm³/mol. The Morgan fingerprint density at radius 3 is 2.43 bits per heavy atom. The summed E-state index contributed by atoms with van der Waals surface area (Å²) in [6.45, 7) is 7.74. The molecule has 9 heteroatoms. The fourth-order valence-corrected chi connectivity index (χ4v) is 9.39. The molecule has 3 saturated carbocycles. The summed E-state index contributed by atoms with van der Waals surface area (Å²) in [7, 11) is 0. The van der Waals surface area contributed by atoms with Crippen molar-refractivity contribution in [2.45, 2.75) is 103 Å². The molecule has 44 heavy (non-hydrogen) atoms. The molecule has 0 aromatic heterocycles. The minimum atomic E-state index is -0.190. The Bertz CT molecular complexity index is 1230. The zero-order valence-electron chi connectivity index (χ0n) is 26.5. The summed E-state index contributed by atoms with van der Waals surface area (Å²) in [5.74, 6) is 1.61. The highest BCUT2D eigenvalue weighted by atomic mass is 35.5. The molecule has 3 aliphatic carbocycles. The Morgan fingerprint density at radius 2 is 1.75 bits per heavy atom. The van der Waals surface area contributed by atoms with Crippen molar-refractivity contribution in [1.29, 1.82) is 0 Å². The van der Waals surface area contributed by atoms with Crippen LogP contribution in [0.4, 0.5) is 5.69 Å². The zero-order valence-corrected chi connectivity index (χ0v) is 28.0. The molecule has 0 spiro atoms. The van der Waals surface area contributed by atoms with E-state index in [0.29, 0.717) is 36.4 Å². The fraction of sp³-hybridized carbons (Fsp3) is 0.686. The van der Waals surface area contributed by atoms with Crippen molar-refractivity contribution in [3.05, 3.63) is 41.5 Å². The summed E-state index contributed by atoms with van der Waals surface area (Å²) in [5.41, 5.74) is 3.31. The van der Waals surface area contributed by atoms with Gasteiger partial charge in [-0.25, -0.2) is 0 Å². The lowest BCUT2D eigenvalue weighted by Crippen LogP contribution is -2.58. The van der Waals surface area contributed by atoms with E-state index in [1.807, 2.05) is 0 Å². The largest absolute Gasteiger partial charge is 0.462 e. The number of hydrogen-bond acceptors (Lipinski definition) is 5. The molecule has 2 amide bonds. The van der Waals surface area contributed by atoms with E-state index in [2.05, 4.69) is 53.6 Å². The number of esters is 1. The van der Waals surface area contributed by atoms with Crippen molar-refractivity contribution >= 4 is 46.7 Å². The number of alkyl halides is 2. The van der Waals surface area contributed by atoms with Gasteiger partial charge in [0.25, 0.3) is 0 Å². The molecule has 1 aromatic carbocycles. The number of carbonyl (C=O) groups is 3. The van der Waals surface area contributed by atoms with Crippen LogP contribution in [0, 0.1) is 22.7 Å². The van der Waals surface area contributed by atoms with Gasteiger partial charge in [0, 0.05) is 68.5 Å². The molecule has 1 aliphatic heterocycles. The molecule has 0 radical (unpaired) electrons. The van der Waals surface area contributed by atoms with Gasteiger partial charge in [0.2, 0.25) is 11.8 Å². The highest BCUT2D eigenvalue weighted by molar-refractivity contribution is 6.18. The van der Waals surface area contributed by atoms with Crippen LogP contribution >= 0.6 is 23.2 Å². The van der Waals surface area contributed by atoms with Crippen LogP contribution < -0.4 is 15.5 Å². The maximum absolute atomic E-state index is 13.2. The summed E-state index contributed by atoms with van der Waals surface area (Å²) in [4.78, 5) is 40.2. The van der Waals surface area contributed by atoms with Gasteiger partial charge in [-0.3, -0.25) is 14.4 Å². The first-order valence-electron chi connectivity index (χ1n) is 16.5. The van der Waals surface area contributed by atoms with E-state index in [4.69, 9.17) is 27.9 Å². The van der Waals surface area contributed by atoms with Crippen LogP contribution in [0.1, 0.15) is 84.1 Å². The number of rotatable bonds is 11. The quantitative estimate of drug-likeness (QED) is 0.223. The number of aryl methyl sites for hydroxylation is 1. The summed E-state index contributed by atoms with van der Waals surface area (Å²) >= 11 is 11.9. The summed E-state index contributed by atoms with van der Waals surface area (Å²) in [5, 5.41) is 6.61. The Hall–Kier alpha value is -2.25. The van der Waals surface area contributed by atoms with Crippen molar-refractivity contribution in [3.8, 4) is 0 Å². The number of ether oxygens (including phenoxy) is 1. The van der Waals surface area contributed by atoms with Gasteiger partial charge in [0.15, 0.2) is 0 Å². The van der Waals surface area contributed by atoms with Crippen molar-refractivity contribution in [1.82, 2.24) is 10.6 Å². The second-order valence-electron chi connectivity index (χ2n) is 13.9. The molecule has 5 rings (SSSR count). The van der Waals surface area contributed by atoms with E-state index in [-0.39, 0.29) is 46.8 Å². The molecular formula is C35H49Cl2N3O4. The Kier molecular flexibility index (Phi) is 10.6. The monoisotopic (exact) mass is 645 g/mol. The van der Waals surface area contributed by atoms with Crippen LogP contribution in [-0.4, -0.2) is 60.8 Å². The fourth-order valence-electron chi connectivity index (χ4n) is 8.98. The number of benzene rings is 1. The van der Waals surface area contributed by atoms with Crippen LogP contribution in [-0.2, 0) is 25.5 Å². The van der Waals surface area contributed by atoms with Crippen LogP contribution in [0.15, 0.2) is 35.9 Å². The molecule has 1 aromatic rings. The van der Waals surface area contributed by atoms with E-state index in [1.165, 1.54) is 5.56 Å². The van der Waals surface area contributed by atoms with Crippen molar-refractivity contribution in [2.24, 2.45) is 22.7 Å². The zero-order chi connectivity index (χ0) is 31.5. The Balaban J connectivity index is 1.15. The van der Waals surface area contributed by atoms with E-state index in [1.54, 1.807) is 13.0 Å². The number of anilines is 1. The SMILES string of the molecule is CC(=O)N[C@H]1CC[C@H]2[C@@H]3NC(=O)C=C4C[C@@H](OC(=O)CCCc5ccc(N(CCCl)CCCl)cc5)CC[C@]4(C)[C@H]3CC[C@]12C. The van der Waals surface area contributed by atoms with Gasteiger partial charge in [-0.1, -0.05) is 31.6 Å².